The lowest BCUT2D eigenvalue weighted by Crippen LogP contribution is -2.41. The molecule has 1 saturated heterocycles. The van der Waals surface area contributed by atoms with E-state index >= 15 is 0 Å². The van der Waals surface area contributed by atoms with Crippen molar-refractivity contribution in [2.24, 2.45) is 5.92 Å². The lowest BCUT2D eigenvalue weighted by molar-refractivity contribution is -0.125. The van der Waals surface area contributed by atoms with Crippen molar-refractivity contribution in [1.29, 1.82) is 0 Å². The molecule has 0 aliphatic carbocycles. The molecule has 30 heavy (non-hydrogen) atoms. The van der Waals surface area contributed by atoms with Crippen LogP contribution in [-0.2, 0) is 11.3 Å². The highest BCUT2D eigenvalue weighted by Gasteiger charge is 2.26. The fraction of sp³-hybridized carbons (Fsp3) is 0.318. The van der Waals surface area contributed by atoms with Crippen LogP contribution in [0.1, 0.15) is 17.7 Å². The maximum Gasteiger partial charge on any atom is 0.227 e. The summed E-state index contributed by atoms with van der Waals surface area (Å²) in [5, 5.41) is 8.38. The van der Waals surface area contributed by atoms with E-state index in [4.69, 9.17) is 4.74 Å². The molecule has 0 unspecified atom stereocenters. The lowest BCUT2D eigenvalue weighted by atomic mass is 9.96. The molecule has 1 aliphatic heterocycles. The van der Waals surface area contributed by atoms with Gasteiger partial charge in [0.25, 0.3) is 0 Å². The molecule has 7 nitrogen and oxygen atoms in total. The third kappa shape index (κ3) is 4.88. The minimum atomic E-state index is 0.0381. The molecule has 4 rings (SSSR count). The van der Waals surface area contributed by atoms with Gasteiger partial charge < -0.3 is 20.3 Å². The number of piperidine rings is 1. The van der Waals surface area contributed by atoms with E-state index in [1.165, 1.54) is 4.88 Å². The number of rotatable bonds is 7. The first-order valence-electron chi connectivity index (χ1n) is 10.0. The van der Waals surface area contributed by atoms with Gasteiger partial charge in [-0.25, -0.2) is 4.98 Å². The van der Waals surface area contributed by atoms with Crippen LogP contribution in [0, 0.1) is 5.92 Å². The summed E-state index contributed by atoms with van der Waals surface area (Å²) < 4.78 is 5.39. The predicted molar refractivity (Wildman–Crippen MR) is 119 cm³/mol. The Hall–Kier alpha value is -3.13. The topological polar surface area (TPSA) is 79.4 Å². The number of hydrogen-bond donors (Lipinski definition) is 2. The molecule has 0 radical (unpaired) electrons. The van der Waals surface area contributed by atoms with E-state index in [1.807, 2.05) is 47.8 Å². The first-order chi connectivity index (χ1) is 14.7. The number of nitrogens with zero attached hydrogens (tertiary/aromatic N) is 3. The molecule has 2 N–H and O–H groups in total. The summed E-state index contributed by atoms with van der Waals surface area (Å²) >= 11 is 1.66. The molecule has 0 bridgehead atoms. The van der Waals surface area contributed by atoms with Crippen LogP contribution in [0.3, 0.4) is 0 Å². The Morgan fingerprint density at radius 3 is 2.80 bits per heavy atom. The molecule has 0 saturated carbocycles. The van der Waals surface area contributed by atoms with Gasteiger partial charge in [-0.3, -0.25) is 4.79 Å². The van der Waals surface area contributed by atoms with Crippen molar-refractivity contribution >= 4 is 34.7 Å². The number of hydrogen-bond acceptors (Lipinski definition) is 7. The molecule has 2 aromatic heterocycles. The highest BCUT2D eigenvalue weighted by Crippen LogP contribution is 2.27. The summed E-state index contributed by atoms with van der Waals surface area (Å²) in [6.45, 7) is 2.13. The smallest absolute Gasteiger partial charge is 0.227 e. The summed E-state index contributed by atoms with van der Waals surface area (Å²) in [7, 11) is 1.65. The zero-order chi connectivity index (χ0) is 20.8. The standard InChI is InChI=1S/C22H25N5O2S/c1-29-19-7-3-2-6-18(19)25-20-8-11-23-22(26-20)27-12-9-16(10-13-27)21(28)24-15-17-5-4-14-30-17/h2-8,11,14,16H,9-10,12-13,15H2,1H3,(H,24,28)(H,23,25,26). The van der Waals surface area contributed by atoms with Gasteiger partial charge >= 0.3 is 0 Å². The van der Waals surface area contributed by atoms with Crippen molar-refractivity contribution < 1.29 is 9.53 Å². The first kappa shape index (κ1) is 20.2. The number of anilines is 3. The molecule has 1 aromatic carbocycles. The quantitative estimate of drug-likeness (QED) is 0.601. The van der Waals surface area contributed by atoms with Crippen LogP contribution in [-0.4, -0.2) is 36.1 Å². The van der Waals surface area contributed by atoms with Crippen LogP contribution in [0.5, 0.6) is 5.75 Å². The van der Waals surface area contributed by atoms with Crippen molar-refractivity contribution in [3.63, 3.8) is 0 Å². The maximum atomic E-state index is 12.5. The Morgan fingerprint density at radius 1 is 1.20 bits per heavy atom. The monoisotopic (exact) mass is 423 g/mol. The second-order valence-electron chi connectivity index (χ2n) is 7.13. The van der Waals surface area contributed by atoms with Crippen LogP contribution >= 0.6 is 11.3 Å². The third-order valence-corrected chi connectivity index (χ3v) is 6.05. The predicted octanol–water partition coefficient (Wildman–Crippen LogP) is 3.82. The largest absolute Gasteiger partial charge is 0.495 e. The summed E-state index contributed by atoms with van der Waals surface area (Å²) in [6, 6.07) is 13.6. The van der Waals surface area contributed by atoms with Gasteiger partial charge in [-0.15, -0.1) is 11.3 Å². The van der Waals surface area contributed by atoms with E-state index in [1.54, 1.807) is 24.6 Å². The van der Waals surface area contributed by atoms with Gasteiger partial charge in [-0.1, -0.05) is 18.2 Å². The molecular formula is C22H25N5O2S. The Labute approximate surface area is 180 Å². The fourth-order valence-corrected chi connectivity index (χ4v) is 4.17. The Bertz CT molecular complexity index is 971. The number of amides is 1. The SMILES string of the molecule is COc1ccccc1Nc1ccnc(N2CCC(C(=O)NCc3cccs3)CC2)n1. The average Bonchev–Trinajstić information content (AvgIpc) is 3.32. The van der Waals surface area contributed by atoms with Crippen molar-refractivity contribution in [3.05, 3.63) is 58.9 Å². The Morgan fingerprint density at radius 2 is 2.03 bits per heavy atom. The number of carbonyl (C=O) groups is 1. The van der Waals surface area contributed by atoms with E-state index in [9.17, 15) is 4.79 Å². The van der Waals surface area contributed by atoms with E-state index in [0.717, 1.165) is 37.4 Å². The second kappa shape index (κ2) is 9.58. The molecular weight excluding hydrogens is 398 g/mol. The van der Waals surface area contributed by atoms with Crippen LogP contribution in [0.15, 0.2) is 54.0 Å². The van der Waals surface area contributed by atoms with E-state index in [-0.39, 0.29) is 11.8 Å². The summed E-state index contributed by atoms with van der Waals surface area (Å²) in [5.74, 6) is 2.31. The molecule has 8 heteroatoms. The molecule has 3 heterocycles. The highest BCUT2D eigenvalue weighted by atomic mass is 32.1. The normalized spacial score (nSPS) is 14.4. The van der Waals surface area contributed by atoms with Gasteiger partial charge in [-0.2, -0.15) is 4.98 Å². The first-order valence-corrected chi connectivity index (χ1v) is 10.9. The van der Waals surface area contributed by atoms with E-state index < -0.39 is 0 Å². The number of nitrogens with one attached hydrogen (secondary N) is 2. The highest BCUT2D eigenvalue weighted by molar-refractivity contribution is 7.09. The summed E-state index contributed by atoms with van der Waals surface area (Å²) in [4.78, 5) is 24.9. The molecule has 1 fully saturated rings. The Balaban J connectivity index is 1.33. The van der Waals surface area contributed by atoms with Crippen LogP contribution < -0.4 is 20.3 Å². The van der Waals surface area contributed by atoms with Gasteiger partial charge in [0, 0.05) is 30.1 Å². The number of carbonyl (C=O) groups excluding carboxylic acids is 1. The minimum Gasteiger partial charge on any atom is -0.495 e. The van der Waals surface area contributed by atoms with Gasteiger partial charge in [0.15, 0.2) is 0 Å². The van der Waals surface area contributed by atoms with Gasteiger partial charge in [-0.05, 0) is 42.5 Å². The van der Waals surface area contributed by atoms with Gasteiger partial charge in [0.1, 0.15) is 11.6 Å². The Kier molecular flexibility index (Phi) is 6.44. The van der Waals surface area contributed by atoms with E-state index in [0.29, 0.717) is 18.3 Å². The molecule has 1 aliphatic rings. The molecule has 1 amide bonds. The third-order valence-electron chi connectivity index (χ3n) is 5.18. The van der Waals surface area contributed by atoms with E-state index in [2.05, 4.69) is 25.5 Å². The lowest BCUT2D eigenvalue weighted by Gasteiger charge is -2.31. The van der Waals surface area contributed by atoms with Crippen LogP contribution in [0.2, 0.25) is 0 Å². The maximum absolute atomic E-state index is 12.5. The number of aromatic nitrogens is 2. The van der Waals surface area contributed by atoms with Crippen molar-refractivity contribution in [2.45, 2.75) is 19.4 Å². The van der Waals surface area contributed by atoms with Crippen LogP contribution in [0.4, 0.5) is 17.5 Å². The van der Waals surface area contributed by atoms with Gasteiger partial charge in [0.05, 0.1) is 19.3 Å². The average molecular weight is 424 g/mol. The van der Waals surface area contributed by atoms with Crippen molar-refractivity contribution in [3.8, 4) is 5.75 Å². The number of thiophene rings is 1. The zero-order valence-corrected chi connectivity index (χ0v) is 17.7. The number of ether oxygens (including phenoxy) is 1. The molecule has 3 aromatic rings. The summed E-state index contributed by atoms with van der Waals surface area (Å²) in [5.41, 5.74) is 0.853. The number of para-hydroxylation sites is 2. The summed E-state index contributed by atoms with van der Waals surface area (Å²) in [6.07, 6.45) is 3.34. The number of methoxy groups -OCH3 is 1. The molecule has 0 spiro atoms. The van der Waals surface area contributed by atoms with Crippen molar-refractivity contribution in [1.82, 2.24) is 15.3 Å². The zero-order valence-electron chi connectivity index (χ0n) is 16.9. The fourth-order valence-electron chi connectivity index (χ4n) is 3.53. The van der Waals surface area contributed by atoms with Crippen molar-refractivity contribution in [2.75, 3.05) is 30.4 Å². The number of benzene rings is 1. The minimum absolute atomic E-state index is 0.0381. The molecule has 0 atom stereocenters. The second-order valence-corrected chi connectivity index (χ2v) is 8.16. The van der Waals surface area contributed by atoms with Gasteiger partial charge in [0.2, 0.25) is 11.9 Å². The van der Waals surface area contributed by atoms with Crippen LogP contribution in [0.25, 0.3) is 0 Å². The molecule has 156 valence electrons.